The Hall–Kier alpha value is -2.86. The maximum atomic E-state index is 12.9. The topological polar surface area (TPSA) is 56.3 Å². The van der Waals surface area contributed by atoms with Gasteiger partial charge in [0, 0.05) is 11.1 Å². The highest BCUT2D eigenvalue weighted by atomic mass is 32.1. The first kappa shape index (κ1) is 16.0. The molecule has 0 saturated carbocycles. The van der Waals surface area contributed by atoms with Crippen molar-refractivity contribution in [2.75, 3.05) is 0 Å². The lowest BCUT2D eigenvalue weighted by molar-refractivity contribution is 0.0739. The van der Waals surface area contributed by atoms with Gasteiger partial charge >= 0.3 is 5.97 Å². The maximum Gasteiger partial charge on any atom is 0.355 e. The maximum absolute atomic E-state index is 12.9. The molecule has 4 nitrogen and oxygen atoms in total. The second kappa shape index (κ2) is 6.72. The van der Waals surface area contributed by atoms with Crippen LogP contribution >= 0.6 is 11.3 Å². The summed E-state index contributed by atoms with van der Waals surface area (Å²) in [6.45, 7) is 1.80. The number of carbonyl (C=O) groups excluding carboxylic acids is 2. The summed E-state index contributed by atoms with van der Waals surface area (Å²) in [6, 6.07) is 11.5. The van der Waals surface area contributed by atoms with Crippen LogP contribution in [0.1, 0.15) is 30.6 Å². The molecule has 1 aromatic heterocycles. The van der Waals surface area contributed by atoms with E-state index in [-0.39, 0.29) is 5.78 Å². The number of ether oxygens (including phenoxy) is 1. The smallest absolute Gasteiger partial charge is 0.355 e. The van der Waals surface area contributed by atoms with Crippen molar-refractivity contribution in [2.24, 2.45) is 0 Å². The number of halogens is 1. The second-order valence-corrected chi connectivity index (χ2v) is 6.23. The molecule has 3 aromatic rings. The average molecular weight is 341 g/mol. The predicted octanol–water partition coefficient (Wildman–Crippen LogP) is 4.04. The van der Waals surface area contributed by atoms with Gasteiger partial charge in [0.05, 0.1) is 11.2 Å². The summed E-state index contributed by atoms with van der Waals surface area (Å²) in [5, 5.41) is 0.780. The van der Waals surface area contributed by atoms with E-state index >= 15 is 0 Å². The van der Waals surface area contributed by atoms with E-state index in [2.05, 4.69) is 4.98 Å². The highest BCUT2D eigenvalue weighted by molar-refractivity contribution is 7.13. The van der Waals surface area contributed by atoms with Crippen molar-refractivity contribution in [3.8, 4) is 5.75 Å². The second-order valence-electron chi connectivity index (χ2n) is 4.99. The van der Waals surface area contributed by atoms with Crippen LogP contribution in [0.3, 0.4) is 0 Å². The number of aryl methyl sites for hydroxylation is 1. The van der Waals surface area contributed by atoms with Crippen molar-refractivity contribution in [2.45, 2.75) is 6.92 Å². The van der Waals surface area contributed by atoms with Gasteiger partial charge in [0.15, 0.2) is 5.78 Å². The fourth-order valence-electron chi connectivity index (χ4n) is 2.06. The number of esters is 1. The summed E-state index contributed by atoms with van der Waals surface area (Å²) in [7, 11) is 0. The summed E-state index contributed by atoms with van der Waals surface area (Å²) in [6.07, 6.45) is 1.47. The molecule has 2 aromatic carbocycles. The Kier molecular flexibility index (Phi) is 4.48. The Morgan fingerprint density at radius 1 is 1.00 bits per heavy atom. The molecule has 0 amide bonds. The lowest BCUT2D eigenvalue weighted by Crippen LogP contribution is -2.07. The Bertz CT molecular complexity index is 885. The van der Waals surface area contributed by atoms with Gasteiger partial charge in [-0.25, -0.2) is 14.2 Å². The first-order valence-corrected chi connectivity index (χ1v) is 7.89. The van der Waals surface area contributed by atoms with E-state index in [4.69, 9.17) is 4.74 Å². The predicted molar refractivity (Wildman–Crippen MR) is 88.1 cm³/mol. The molecule has 120 valence electrons. The molecule has 0 spiro atoms. The van der Waals surface area contributed by atoms with Crippen molar-refractivity contribution < 1.29 is 18.7 Å². The highest BCUT2D eigenvalue weighted by Gasteiger charge is 2.13. The monoisotopic (exact) mass is 341 g/mol. The van der Waals surface area contributed by atoms with E-state index in [0.29, 0.717) is 21.8 Å². The number of aromatic nitrogens is 1. The van der Waals surface area contributed by atoms with Crippen LogP contribution < -0.4 is 4.74 Å². The third kappa shape index (κ3) is 3.55. The van der Waals surface area contributed by atoms with E-state index in [9.17, 15) is 14.0 Å². The van der Waals surface area contributed by atoms with Gasteiger partial charge in [-0.1, -0.05) is 0 Å². The molecule has 0 unspecified atom stereocenters. The van der Waals surface area contributed by atoms with Gasteiger partial charge in [-0.05, 0) is 55.5 Å². The Morgan fingerprint density at radius 3 is 2.12 bits per heavy atom. The number of hydrogen-bond acceptors (Lipinski definition) is 5. The Morgan fingerprint density at radius 2 is 1.58 bits per heavy atom. The normalized spacial score (nSPS) is 10.4. The summed E-state index contributed by atoms with van der Waals surface area (Å²) in [5.74, 6) is -0.780. The number of benzene rings is 2. The average Bonchev–Trinajstić information content (AvgIpc) is 3.02. The molecule has 0 saturated heterocycles. The van der Waals surface area contributed by atoms with Crippen LogP contribution in [0.4, 0.5) is 4.39 Å². The summed E-state index contributed by atoms with van der Waals surface area (Å²) in [5.41, 5.74) is 0.816. The van der Waals surface area contributed by atoms with Gasteiger partial charge in [-0.15, -0.1) is 11.3 Å². The number of thiazole rings is 1. The van der Waals surface area contributed by atoms with Crippen LogP contribution in [-0.2, 0) is 0 Å². The van der Waals surface area contributed by atoms with Gasteiger partial charge in [0.1, 0.15) is 16.4 Å². The van der Waals surface area contributed by atoms with Gasteiger partial charge in [-0.3, -0.25) is 4.79 Å². The van der Waals surface area contributed by atoms with Crippen molar-refractivity contribution in [1.82, 2.24) is 4.98 Å². The fourth-order valence-corrected chi connectivity index (χ4v) is 2.71. The number of ketones is 1. The van der Waals surface area contributed by atoms with Crippen molar-refractivity contribution >= 4 is 23.1 Å². The lowest BCUT2D eigenvalue weighted by Gasteiger charge is -2.04. The van der Waals surface area contributed by atoms with E-state index < -0.39 is 11.8 Å². The van der Waals surface area contributed by atoms with Crippen LogP contribution in [0.2, 0.25) is 0 Å². The highest BCUT2D eigenvalue weighted by Crippen LogP contribution is 2.19. The zero-order valence-electron chi connectivity index (χ0n) is 12.7. The molecule has 0 atom stereocenters. The number of carbonyl (C=O) groups is 2. The minimum absolute atomic E-state index is 0.231. The van der Waals surface area contributed by atoms with E-state index in [1.165, 1.54) is 41.8 Å². The van der Waals surface area contributed by atoms with E-state index in [0.717, 1.165) is 5.01 Å². The molecule has 1 heterocycles. The Labute approximate surface area is 141 Å². The Balaban J connectivity index is 1.72. The van der Waals surface area contributed by atoms with Crippen LogP contribution in [0, 0.1) is 12.7 Å². The molecule has 0 N–H and O–H groups in total. The molecule has 0 bridgehead atoms. The molecular weight excluding hydrogens is 329 g/mol. The van der Waals surface area contributed by atoms with Gasteiger partial charge in [-0.2, -0.15) is 0 Å². The zero-order chi connectivity index (χ0) is 17.1. The van der Waals surface area contributed by atoms with Crippen molar-refractivity contribution in [3.05, 3.63) is 81.6 Å². The number of rotatable bonds is 4. The van der Waals surface area contributed by atoms with Crippen molar-refractivity contribution in [1.29, 1.82) is 0 Å². The molecule has 0 aliphatic rings. The quantitative estimate of drug-likeness (QED) is 0.408. The SMILES string of the molecule is Cc1ncc(C(=O)Oc2ccc(C(=O)c3ccc(F)cc3)cc2)s1. The lowest BCUT2D eigenvalue weighted by atomic mass is 10.0. The van der Waals surface area contributed by atoms with E-state index in [1.54, 1.807) is 31.2 Å². The van der Waals surface area contributed by atoms with Crippen LogP contribution in [0.25, 0.3) is 0 Å². The molecule has 3 rings (SSSR count). The molecule has 0 aliphatic carbocycles. The van der Waals surface area contributed by atoms with Crippen LogP contribution in [0.15, 0.2) is 54.7 Å². The first-order valence-electron chi connectivity index (χ1n) is 7.08. The molecular formula is C18H12FNO3S. The molecule has 24 heavy (non-hydrogen) atoms. The minimum Gasteiger partial charge on any atom is -0.422 e. The molecule has 0 aliphatic heterocycles. The summed E-state index contributed by atoms with van der Waals surface area (Å²) < 4.78 is 18.1. The van der Waals surface area contributed by atoms with Gasteiger partial charge < -0.3 is 4.74 Å². The van der Waals surface area contributed by atoms with E-state index in [1.807, 2.05) is 0 Å². The third-order valence-corrected chi connectivity index (χ3v) is 4.15. The zero-order valence-corrected chi connectivity index (χ0v) is 13.5. The molecule has 0 fully saturated rings. The molecule has 0 radical (unpaired) electrons. The summed E-state index contributed by atoms with van der Waals surface area (Å²) >= 11 is 1.25. The summed E-state index contributed by atoms with van der Waals surface area (Å²) in [4.78, 5) is 28.6. The van der Waals surface area contributed by atoms with Crippen LogP contribution in [0.5, 0.6) is 5.75 Å². The van der Waals surface area contributed by atoms with Crippen molar-refractivity contribution in [3.63, 3.8) is 0 Å². The van der Waals surface area contributed by atoms with Gasteiger partial charge in [0.2, 0.25) is 0 Å². The number of nitrogens with zero attached hydrogens (tertiary/aromatic N) is 1. The largest absolute Gasteiger partial charge is 0.422 e. The first-order chi connectivity index (χ1) is 11.5. The molecule has 6 heteroatoms. The third-order valence-electron chi connectivity index (χ3n) is 3.26. The minimum atomic E-state index is -0.488. The van der Waals surface area contributed by atoms with Gasteiger partial charge in [0.25, 0.3) is 0 Å². The standard InChI is InChI=1S/C18H12FNO3S/c1-11-20-10-16(24-11)18(22)23-15-8-4-13(5-9-15)17(21)12-2-6-14(19)7-3-12/h2-10H,1H3. The number of hydrogen-bond donors (Lipinski definition) is 0. The van der Waals surface area contributed by atoms with Crippen LogP contribution in [-0.4, -0.2) is 16.7 Å². The fraction of sp³-hybridized carbons (Fsp3) is 0.0556.